The van der Waals surface area contributed by atoms with Crippen LogP contribution in [0.5, 0.6) is 11.5 Å². The van der Waals surface area contributed by atoms with E-state index in [0.29, 0.717) is 35.8 Å². The largest absolute Gasteiger partial charge is 0.492 e. The maximum absolute atomic E-state index is 13.6. The lowest BCUT2D eigenvalue weighted by molar-refractivity contribution is -0.121. The van der Waals surface area contributed by atoms with Crippen LogP contribution in [0.15, 0.2) is 48.8 Å². The first-order valence-corrected chi connectivity index (χ1v) is 11.4. The van der Waals surface area contributed by atoms with E-state index < -0.39 is 5.92 Å². The van der Waals surface area contributed by atoms with Gasteiger partial charge in [-0.15, -0.1) is 0 Å². The van der Waals surface area contributed by atoms with Crippen LogP contribution < -0.4 is 14.8 Å². The van der Waals surface area contributed by atoms with Crippen LogP contribution in [0.4, 0.5) is 10.1 Å². The van der Waals surface area contributed by atoms with Gasteiger partial charge in [0.1, 0.15) is 30.5 Å². The molecule has 172 valence electrons. The number of hydrogen-bond donors (Lipinski definition) is 2. The van der Waals surface area contributed by atoms with Crippen LogP contribution in [-0.2, 0) is 11.2 Å². The number of rotatable bonds is 7. The van der Waals surface area contributed by atoms with E-state index in [1.54, 1.807) is 18.5 Å². The van der Waals surface area contributed by atoms with E-state index in [9.17, 15) is 9.18 Å². The highest BCUT2D eigenvalue weighted by atomic mass is 19.1. The van der Waals surface area contributed by atoms with Gasteiger partial charge in [-0.05, 0) is 73.8 Å². The monoisotopic (exact) mass is 450 g/mol. The van der Waals surface area contributed by atoms with Crippen molar-refractivity contribution in [2.24, 2.45) is 5.92 Å². The molecular weight excluding hydrogens is 423 g/mol. The highest BCUT2D eigenvalue weighted by molar-refractivity contribution is 5.95. The molecule has 0 saturated carbocycles. The molecule has 1 atom stereocenters. The van der Waals surface area contributed by atoms with Crippen LogP contribution in [0.25, 0.3) is 11.1 Å². The van der Waals surface area contributed by atoms with Crippen molar-refractivity contribution in [3.63, 3.8) is 0 Å². The molecule has 1 amide bonds. The van der Waals surface area contributed by atoms with Gasteiger partial charge in [-0.2, -0.15) is 5.10 Å². The van der Waals surface area contributed by atoms with Gasteiger partial charge >= 0.3 is 0 Å². The van der Waals surface area contributed by atoms with Crippen molar-refractivity contribution in [1.82, 2.24) is 15.1 Å². The molecule has 33 heavy (non-hydrogen) atoms. The number of likely N-dealkylation sites (tertiary alicyclic amines) is 1. The van der Waals surface area contributed by atoms with Crippen molar-refractivity contribution in [3.8, 4) is 22.6 Å². The van der Waals surface area contributed by atoms with Crippen LogP contribution in [-0.4, -0.2) is 53.9 Å². The van der Waals surface area contributed by atoms with Gasteiger partial charge in [0.25, 0.3) is 0 Å². The van der Waals surface area contributed by atoms with E-state index in [1.165, 1.54) is 25.0 Å². The van der Waals surface area contributed by atoms with E-state index in [-0.39, 0.29) is 18.3 Å². The summed E-state index contributed by atoms with van der Waals surface area (Å²) in [6, 6.07) is 10.1. The molecule has 2 aromatic carbocycles. The third-order valence-corrected chi connectivity index (χ3v) is 6.23. The van der Waals surface area contributed by atoms with Crippen LogP contribution in [0, 0.1) is 11.7 Å². The number of anilines is 1. The maximum Gasteiger partial charge on any atom is 0.231 e. The van der Waals surface area contributed by atoms with Gasteiger partial charge in [0, 0.05) is 18.3 Å². The molecule has 3 heterocycles. The molecule has 1 saturated heterocycles. The number of H-pyrrole nitrogens is 1. The Hall–Kier alpha value is -3.39. The van der Waals surface area contributed by atoms with Gasteiger partial charge in [0.05, 0.1) is 17.8 Å². The van der Waals surface area contributed by atoms with E-state index in [1.807, 2.05) is 18.2 Å². The number of hydrogen-bond acceptors (Lipinski definition) is 5. The Kier molecular flexibility index (Phi) is 6.26. The van der Waals surface area contributed by atoms with Crippen LogP contribution in [0.1, 0.15) is 18.4 Å². The Labute approximate surface area is 191 Å². The Balaban J connectivity index is 1.32. The second-order valence-electron chi connectivity index (χ2n) is 8.55. The van der Waals surface area contributed by atoms with Gasteiger partial charge in [0.2, 0.25) is 5.91 Å². The summed E-state index contributed by atoms with van der Waals surface area (Å²) in [6.45, 7) is 3.87. The molecule has 1 fully saturated rings. The van der Waals surface area contributed by atoms with Crippen molar-refractivity contribution in [1.29, 1.82) is 0 Å². The smallest absolute Gasteiger partial charge is 0.231 e. The average Bonchev–Trinajstić information content (AvgIpc) is 3.54. The number of carbonyl (C=O) groups is 1. The maximum atomic E-state index is 13.6. The normalized spacial score (nSPS) is 17.9. The summed E-state index contributed by atoms with van der Waals surface area (Å²) >= 11 is 0. The summed E-state index contributed by atoms with van der Waals surface area (Å²) in [4.78, 5) is 15.5. The molecule has 0 radical (unpaired) electrons. The lowest BCUT2D eigenvalue weighted by Gasteiger charge is -2.25. The van der Waals surface area contributed by atoms with Crippen molar-refractivity contribution >= 4 is 11.6 Å². The summed E-state index contributed by atoms with van der Waals surface area (Å²) in [7, 11) is 0. The number of carbonyl (C=O) groups excluding carboxylic acids is 1. The molecule has 8 heteroatoms. The molecular formula is C25H27FN4O3. The number of aromatic nitrogens is 2. The fourth-order valence-electron chi connectivity index (χ4n) is 4.40. The minimum absolute atomic E-state index is 0.182. The molecule has 2 N–H and O–H groups in total. The number of amides is 1. The Morgan fingerprint density at radius 1 is 1.21 bits per heavy atom. The third-order valence-electron chi connectivity index (χ3n) is 6.23. The quantitative estimate of drug-likeness (QED) is 0.571. The molecule has 0 aliphatic carbocycles. The molecule has 0 spiro atoms. The van der Waals surface area contributed by atoms with Crippen molar-refractivity contribution in [2.75, 3.05) is 38.2 Å². The van der Waals surface area contributed by atoms with Crippen LogP contribution >= 0.6 is 0 Å². The Morgan fingerprint density at radius 3 is 2.91 bits per heavy atom. The summed E-state index contributed by atoms with van der Waals surface area (Å²) < 4.78 is 25.4. The minimum Gasteiger partial charge on any atom is -0.492 e. The average molecular weight is 451 g/mol. The lowest BCUT2D eigenvalue weighted by Crippen LogP contribution is -2.33. The number of nitrogens with one attached hydrogen (secondary N) is 2. The predicted molar refractivity (Wildman–Crippen MR) is 123 cm³/mol. The van der Waals surface area contributed by atoms with Crippen molar-refractivity contribution < 1.29 is 18.7 Å². The number of aromatic amines is 1. The standard InChI is InChI=1S/C25H27FN4O3/c26-21-4-6-23-18(12-21)11-19(16-33-23)25(31)29-22-13-17(20-14-27-28-15-20)3-5-24(22)32-10-9-30-7-1-2-8-30/h3-6,12-15,19H,1-2,7-11,16H2,(H,27,28)(H,29,31). The number of nitrogens with zero attached hydrogens (tertiary/aromatic N) is 2. The summed E-state index contributed by atoms with van der Waals surface area (Å²) in [5.74, 6) is 0.319. The summed E-state index contributed by atoms with van der Waals surface area (Å²) in [6.07, 6.45) is 6.42. The van der Waals surface area contributed by atoms with Crippen LogP contribution in [0.3, 0.4) is 0 Å². The van der Waals surface area contributed by atoms with E-state index in [2.05, 4.69) is 20.4 Å². The lowest BCUT2D eigenvalue weighted by atomic mass is 9.95. The fraction of sp³-hybridized carbons (Fsp3) is 0.360. The number of ether oxygens (including phenoxy) is 2. The zero-order valence-corrected chi connectivity index (χ0v) is 18.4. The number of benzene rings is 2. The van der Waals surface area contributed by atoms with Gasteiger partial charge in [-0.25, -0.2) is 4.39 Å². The van der Waals surface area contributed by atoms with E-state index in [4.69, 9.17) is 9.47 Å². The molecule has 2 aliphatic rings. The van der Waals surface area contributed by atoms with Crippen LogP contribution in [0.2, 0.25) is 0 Å². The van der Waals surface area contributed by atoms with Crippen molar-refractivity contribution in [3.05, 3.63) is 60.2 Å². The molecule has 1 unspecified atom stereocenters. The summed E-state index contributed by atoms with van der Waals surface area (Å²) in [5, 5.41) is 9.85. The first-order chi connectivity index (χ1) is 16.2. The Bertz CT molecular complexity index is 1110. The van der Waals surface area contributed by atoms with Gasteiger partial charge in [-0.3, -0.25) is 14.8 Å². The molecule has 3 aromatic rings. The molecule has 7 nitrogen and oxygen atoms in total. The predicted octanol–water partition coefficient (Wildman–Crippen LogP) is 3.88. The highest BCUT2D eigenvalue weighted by Gasteiger charge is 2.27. The second-order valence-corrected chi connectivity index (χ2v) is 8.55. The SMILES string of the molecule is O=C(Nc1cc(-c2cn[nH]c2)ccc1OCCN1CCCC1)C1COc2ccc(F)cc2C1. The highest BCUT2D eigenvalue weighted by Crippen LogP contribution is 2.33. The summed E-state index contributed by atoms with van der Waals surface area (Å²) in [5.41, 5.74) is 3.14. The number of halogens is 1. The molecule has 0 bridgehead atoms. The topological polar surface area (TPSA) is 79.5 Å². The molecule has 1 aromatic heterocycles. The second kappa shape index (κ2) is 9.62. The molecule has 5 rings (SSSR count). The first kappa shape index (κ1) is 21.5. The third kappa shape index (κ3) is 5.01. The van der Waals surface area contributed by atoms with E-state index >= 15 is 0 Å². The first-order valence-electron chi connectivity index (χ1n) is 11.4. The zero-order chi connectivity index (χ0) is 22.6. The van der Waals surface area contributed by atoms with Gasteiger partial charge < -0.3 is 14.8 Å². The van der Waals surface area contributed by atoms with E-state index in [0.717, 1.165) is 30.8 Å². The van der Waals surface area contributed by atoms with Crippen molar-refractivity contribution in [2.45, 2.75) is 19.3 Å². The zero-order valence-electron chi connectivity index (χ0n) is 18.4. The Morgan fingerprint density at radius 2 is 2.09 bits per heavy atom. The van der Waals surface area contributed by atoms with Gasteiger partial charge in [-0.1, -0.05) is 6.07 Å². The fourth-order valence-corrected chi connectivity index (χ4v) is 4.40. The van der Waals surface area contributed by atoms with Gasteiger partial charge in [0.15, 0.2) is 0 Å². The minimum atomic E-state index is -0.422. The number of fused-ring (bicyclic) bond motifs is 1. The molecule has 2 aliphatic heterocycles.